The first-order chi connectivity index (χ1) is 9.24. The first kappa shape index (κ1) is 12.2. The van der Waals surface area contributed by atoms with Gasteiger partial charge in [0.25, 0.3) is 0 Å². The van der Waals surface area contributed by atoms with E-state index in [1.807, 2.05) is 0 Å². The lowest BCUT2D eigenvalue weighted by Gasteiger charge is -2.39. The fourth-order valence-corrected chi connectivity index (χ4v) is 5.37. The van der Waals surface area contributed by atoms with Gasteiger partial charge in [0.1, 0.15) is 6.04 Å². The van der Waals surface area contributed by atoms with Crippen LogP contribution in [-0.4, -0.2) is 59.1 Å². The summed E-state index contributed by atoms with van der Waals surface area (Å²) in [5.41, 5.74) is 0. The molecule has 0 radical (unpaired) electrons. The Balaban J connectivity index is 1.57. The molecule has 3 heterocycles. The van der Waals surface area contributed by atoms with E-state index in [0.717, 1.165) is 18.9 Å². The summed E-state index contributed by atoms with van der Waals surface area (Å²) < 4.78 is 0. The van der Waals surface area contributed by atoms with Gasteiger partial charge in [0.05, 0.1) is 0 Å². The maximum atomic E-state index is 11.8. The second-order valence-corrected chi connectivity index (χ2v) is 7.04. The Kier molecular flexibility index (Phi) is 2.85. The Morgan fingerprint density at radius 3 is 2.68 bits per heavy atom. The van der Waals surface area contributed by atoms with Crippen molar-refractivity contribution >= 4 is 5.97 Å². The maximum absolute atomic E-state index is 11.8. The Morgan fingerprint density at radius 2 is 1.84 bits per heavy atom. The third kappa shape index (κ3) is 1.83. The van der Waals surface area contributed by atoms with E-state index in [0.29, 0.717) is 17.9 Å². The van der Waals surface area contributed by atoms with Crippen LogP contribution in [0.25, 0.3) is 0 Å². The molecule has 0 aromatic rings. The molecule has 0 amide bonds. The first-order valence-corrected chi connectivity index (χ1v) is 7.95. The Labute approximate surface area is 114 Å². The average Bonchev–Trinajstić information content (AvgIpc) is 3.03. The lowest BCUT2D eigenvalue weighted by Crippen LogP contribution is -2.51. The predicted octanol–water partition coefficient (Wildman–Crippen LogP) is 1.27. The zero-order chi connectivity index (χ0) is 13.0. The number of carboxylic acid groups (broad SMARTS) is 1. The molecule has 19 heavy (non-hydrogen) atoms. The highest BCUT2D eigenvalue weighted by atomic mass is 16.4. The van der Waals surface area contributed by atoms with Crippen LogP contribution in [-0.2, 0) is 4.79 Å². The molecule has 4 aliphatic rings. The molecule has 4 rings (SSSR count). The smallest absolute Gasteiger partial charge is 0.321 e. The molecular weight excluding hydrogens is 240 g/mol. The van der Waals surface area contributed by atoms with Crippen molar-refractivity contribution in [3.05, 3.63) is 0 Å². The van der Waals surface area contributed by atoms with E-state index >= 15 is 0 Å². The highest BCUT2D eigenvalue weighted by Gasteiger charge is 2.52. The molecule has 3 saturated heterocycles. The third-order valence-electron chi connectivity index (χ3n) is 6.20. The predicted molar refractivity (Wildman–Crippen MR) is 71.9 cm³/mol. The van der Waals surface area contributed by atoms with Crippen molar-refractivity contribution in [2.75, 3.05) is 26.2 Å². The van der Waals surface area contributed by atoms with E-state index in [2.05, 4.69) is 9.80 Å². The highest BCUT2D eigenvalue weighted by molar-refractivity contribution is 5.74. The van der Waals surface area contributed by atoms with Crippen LogP contribution >= 0.6 is 0 Å². The van der Waals surface area contributed by atoms with Gasteiger partial charge in [-0.3, -0.25) is 9.69 Å². The van der Waals surface area contributed by atoms with E-state index < -0.39 is 5.97 Å². The molecule has 6 unspecified atom stereocenters. The van der Waals surface area contributed by atoms with Gasteiger partial charge >= 0.3 is 5.97 Å². The number of carboxylic acids is 1. The number of aliphatic carboxylic acids is 1. The van der Waals surface area contributed by atoms with Crippen molar-refractivity contribution in [3.63, 3.8) is 0 Å². The van der Waals surface area contributed by atoms with Crippen molar-refractivity contribution in [2.45, 2.75) is 44.2 Å². The minimum Gasteiger partial charge on any atom is -0.480 e. The van der Waals surface area contributed by atoms with Crippen LogP contribution in [0.3, 0.4) is 0 Å². The van der Waals surface area contributed by atoms with Crippen LogP contribution in [0.1, 0.15) is 32.1 Å². The van der Waals surface area contributed by atoms with E-state index in [1.54, 1.807) is 0 Å². The number of rotatable bonds is 2. The number of likely N-dealkylation sites (tertiary alicyclic amines) is 1. The average molecular weight is 264 g/mol. The zero-order valence-electron chi connectivity index (χ0n) is 11.5. The second-order valence-electron chi connectivity index (χ2n) is 7.04. The zero-order valence-corrected chi connectivity index (χ0v) is 11.5. The summed E-state index contributed by atoms with van der Waals surface area (Å²) >= 11 is 0. The van der Waals surface area contributed by atoms with Crippen molar-refractivity contribution < 1.29 is 9.90 Å². The van der Waals surface area contributed by atoms with Crippen LogP contribution in [0.5, 0.6) is 0 Å². The Hall–Kier alpha value is -0.610. The summed E-state index contributed by atoms with van der Waals surface area (Å²) in [5, 5.41) is 9.68. The molecule has 4 fully saturated rings. The quantitative estimate of drug-likeness (QED) is 0.815. The van der Waals surface area contributed by atoms with Crippen LogP contribution < -0.4 is 0 Å². The molecule has 3 aliphatic heterocycles. The lowest BCUT2D eigenvalue weighted by molar-refractivity contribution is -0.145. The van der Waals surface area contributed by atoms with E-state index in [-0.39, 0.29) is 6.04 Å². The Morgan fingerprint density at radius 1 is 1.00 bits per heavy atom. The minimum atomic E-state index is -0.560. The van der Waals surface area contributed by atoms with Crippen molar-refractivity contribution in [2.24, 2.45) is 17.8 Å². The topological polar surface area (TPSA) is 43.8 Å². The molecule has 1 N–H and O–H groups in total. The van der Waals surface area contributed by atoms with Gasteiger partial charge in [-0.15, -0.1) is 0 Å². The van der Waals surface area contributed by atoms with Crippen molar-refractivity contribution in [3.8, 4) is 0 Å². The molecule has 1 aliphatic carbocycles. The first-order valence-electron chi connectivity index (χ1n) is 7.95. The standard InChI is InChI=1S/C15H24N2O2/c18-15(19)14-12-3-1-2-10(12)9-17(14)13-5-7-16-6-4-11(13)8-16/h10-14H,1-9H2,(H,18,19). The van der Waals surface area contributed by atoms with Crippen LogP contribution in [0.15, 0.2) is 0 Å². The van der Waals surface area contributed by atoms with Crippen LogP contribution in [0.2, 0.25) is 0 Å². The minimum absolute atomic E-state index is 0.176. The number of carbonyl (C=O) groups is 1. The molecule has 0 aromatic heterocycles. The van der Waals surface area contributed by atoms with Gasteiger partial charge in [-0.05, 0) is 56.5 Å². The second kappa shape index (κ2) is 4.45. The van der Waals surface area contributed by atoms with Gasteiger partial charge in [0.15, 0.2) is 0 Å². The van der Waals surface area contributed by atoms with E-state index in [9.17, 15) is 9.90 Å². The third-order valence-corrected chi connectivity index (χ3v) is 6.20. The number of hydrogen-bond donors (Lipinski definition) is 1. The van der Waals surface area contributed by atoms with Gasteiger partial charge < -0.3 is 10.0 Å². The van der Waals surface area contributed by atoms with Gasteiger partial charge in [-0.2, -0.15) is 0 Å². The van der Waals surface area contributed by atoms with Gasteiger partial charge in [0, 0.05) is 19.1 Å². The summed E-state index contributed by atoms with van der Waals surface area (Å²) in [5.74, 6) is 1.28. The van der Waals surface area contributed by atoms with Crippen molar-refractivity contribution in [1.82, 2.24) is 9.80 Å². The summed E-state index contributed by atoms with van der Waals surface area (Å²) in [6.07, 6.45) is 6.11. The van der Waals surface area contributed by atoms with Crippen LogP contribution in [0.4, 0.5) is 0 Å². The molecule has 106 valence electrons. The summed E-state index contributed by atoms with van der Waals surface area (Å²) in [4.78, 5) is 16.7. The summed E-state index contributed by atoms with van der Waals surface area (Å²) in [7, 11) is 0. The molecule has 2 bridgehead atoms. The number of nitrogens with zero attached hydrogens (tertiary/aromatic N) is 2. The fourth-order valence-electron chi connectivity index (χ4n) is 5.37. The normalized spacial score (nSPS) is 49.5. The molecule has 1 saturated carbocycles. The number of piperidine rings is 1. The SMILES string of the molecule is O=C(O)C1C2CCCC2CN1C1CCN2CCC1C2. The highest BCUT2D eigenvalue weighted by Crippen LogP contribution is 2.45. The fraction of sp³-hybridized carbons (Fsp3) is 0.933. The van der Waals surface area contributed by atoms with Gasteiger partial charge in [-0.25, -0.2) is 0 Å². The molecular formula is C15H24N2O2. The summed E-state index contributed by atoms with van der Waals surface area (Å²) in [6.45, 7) is 4.69. The molecule has 0 spiro atoms. The molecule has 6 atom stereocenters. The molecule has 0 aromatic carbocycles. The van der Waals surface area contributed by atoms with E-state index in [4.69, 9.17) is 0 Å². The van der Waals surface area contributed by atoms with Crippen LogP contribution in [0, 0.1) is 17.8 Å². The molecule has 4 heteroatoms. The molecule has 4 nitrogen and oxygen atoms in total. The summed E-state index contributed by atoms with van der Waals surface area (Å²) in [6, 6.07) is 0.370. The monoisotopic (exact) mass is 264 g/mol. The van der Waals surface area contributed by atoms with Crippen molar-refractivity contribution in [1.29, 1.82) is 0 Å². The van der Waals surface area contributed by atoms with Gasteiger partial charge in [-0.1, -0.05) is 6.42 Å². The van der Waals surface area contributed by atoms with E-state index in [1.165, 1.54) is 45.3 Å². The lowest BCUT2D eigenvalue weighted by atomic mass is 9.90. The largest absolute Gasteiger partial charge is 0.480 e. The number of hydrogen-bond acceptors (Lipinski definition) is 3. The maximum Gasteiger partial charge on any atom is 0.321 e. The Bertz CT molecular complexity index is 386. The van der Waals surface area contributed by atoms with Gasteiger partial charge in [0.2, 0.25) is 0 Å². The number of fused-ring (bicyclic) bond motifs is 3.